The molecule has 1 aliphatic heterocycles. The Morgan fingerprint density at radius 1 is 1.36 bits per heavy atom. The number of carbonyl (C=O) groups is 1. The van der Waals surface area contributed by atoms with Gasteiger partial charge in [0.05, 0.1) is 24.5 Å². The van der Waals surface area contributed by atoms with Crippen molar-refractivity contribution in [3.8, 4) is 5.75 Å². The zero-order chi connectivity index (χ0) is 16.1. The van der Waals surface area contributed by atoms with Gasteiger partial charge in [-0.15, -0.1) is 0 Å². The summed E-state index contributed by atoms with van der Waals surface area (Å²) in [5.41, 5.74) is 7.64. The van der Waals surface area contributed by atoms with E-state index < -0.39 is 0 Å². The number of anilines is 1. The van der Waals surface area contributed by atoms with E-state index in [1.165, 1.54) is 0 Å². The highest BCUT2D eigenvalue weighted by molar-refractivity contribution is 5.76. The van der Waals surface area contributed by atoms with E-state index in [2.05, 4.69) is 0 Å². The Kier molecular flexibility index (Phi) is 5.66. The van der Waals surface area contributed by atoms with Crippen LogP contribution in [0.2, 0.25) is 0 Å². The Bertz CT molecular complexity index is 509. The number of nitrogen functional groups attached to an aromatic ring is 1. The third-order valence-corrected chi connectivity index (χ3v) is 3.77. The van der Waals surface area contributed by atoms with E-state index in [4.69, 9.17) is 15.2 Å². The minimum absolute atomic E-state index is 0.105. The van der Waals surface area contributed by atoms with Crippen LogP contribution in [0.1, 0.15) is 32.8 Å². The minimum Gasteiger partial charge on any atom is -0.492 e. The molecule has 2 unspecified atom stereocenters. The standard InChI is InChI=1S/C17H26N2O3/c1-4-21-16-7-5-14(9-15(16)18)6-8-17(20)19-10-12(2)22-13(3)11-19/h5,7,9,12-13H,4,6,8,10-11,18H2,1-3H3. The number of hydrogen-bond acceptors (Lipinski definition) is 4. The Hall–Kier alpha value is -1.75. The minimum atomic E-state index is 0.105. The third kappa shape index (κ3) is 4.37. The molecular weight excluding hydrogens is 280 g/mol. The van der Waals surface area contributed by atoms with E-state index in [9.17, 15) is 4.79 Å². The molecule has 5 nitrogen and oxygen atoms in total. The lowest BCUT2D eigenvalue weighted by atomic mass is 10.1. The summed E-state index contributed by atoms with van der Waals surface area (Å²) in [6.45, 7) is 7.88. The molecule has 2 atom stereocenters. The molecular formula is C17H26N2O3. The maximum absolute atomic E-state index is 12.3. The predicted octanol–water partition coefficient (Wildman–Crippen LogP) is 2.24. The molecule has 1 fully saturated rings. The maximum Gasteiger partial charge on any atom is 0.223 e. The van der Waals surface area contributed by atoms with Crippen LogP contribution in [0.15, 0.2) is 18.2 Å². The molecule has 1 amide bonds. The number of ether oxygens (including phenoxy) is 2. The molecule has 122 valence electrons. The van der Waals surface area contributed by atoms with Gasteiger partial charge < -0.3 is 20.1 Å². The molecule has 22 heavy (non-hydrogen) atoms. The first-order valence-corrected chi connectivity index (χ1v) is 7.94. The van der Waals surface area contributed by atoms with Crippen LogP contribution in [0.3, 0.4) is 0 Å². The van der Waals surface area contributed by atoms with Gasteiger partial charge >= 0.3 is 0 Å². The van der Waals surface area contributed by atoms with Crippen molar-refractivity contribution in [2.24, 2.45) is 0 Å². The largest absolute Gasteiger partial charge is 0.492 e. The van der Waals surface area contributed by atoms with Gasteiger partial charge in [0.15, 0.2) is 0 Å². The van der Waals surface area contributed by atoms with Crippen LogP contribution in [-0.4, -0.2) is 42.7 Å². The molecule has 0 radical (unpaired) electrons. The summed E-state index contributed by atoms with van der Waals surface area (Å²) in [5, 5.41) is 0. The highest BCUT2D eigenvalue weighted by Crippen LogP contribution is 2.23. The number of nitrogens with zero attached hydrogens (tertiary/aromatic N) is 1. The normalized spacial score (nSPS) is 21.7. The van der Waals surface area contributed by atoms with Crippen LogP contribution in [0.25, 0.3) is 0 Å². The lowest BCUT2D eigenvalue weighted by molar-refractivity contribution is -0.143. The SMILES string of the molecule is CCOc1ccc(CCC(=O)N2CC(C)OC(C)C2)cc1N. The Morgan fingerprint density at radius 2 is 2.05 bits per heavy atom. The van der Waals surface area contributed by atoms with E-state index in [1.54, 1.807) is 0 Å². The average molecular weight is 306 g/mol. The molecule has 1 aromatic carbocycles. The highest BCUT2D eigenvalue weighted by atomic mass is 16.5. The van der Waals surface area contributed by atoms with Crippen LogP contribution in [0, 0.1) is 0 Å². The number of rotatable bonds is 5. The van der Waals surface area contributed by atoms with Gasteiger partial charge in [-0.1, -0.05) is 6.07 Å². The van der Waals surface area contributed by atoms with Crippen molar-refractivity contribution in [3.05, 3.63) is 23.8 Å². The second-order valence-corrected chi connectivity index (χ2v) is 5.86. The molecule has 0 saturated carbocycles. The van der Waals surface area contributed by atoms with Crippen molar-refractivity contribution in [3.63, 3.8) is 0 Å². The fourth-order valence-corrected chi connectivity index (χ4v) is 2.83. The van der Waals surface area contributed by atoms with Crippen molar-refractivity contribution >= 4 is 11.6 Å². The van der Waals surface area contributed by atoms with Gasteiger partial charge in [-0.05, 0) is 44.9 Å². The molecule has 0 aromatic heterocycles. The molecule has 0 spiro atoms. The lowest BCUT2D eigenvalue weighted by Gasteiger charge is -2.35. The molecule has 0 bridgehead atoms. The van der Waals surface area contributed by atoms with Gasteiger partial charge in [-0.25, -0.2) is 0 Å². The lowest BCUT2D eigenvalue weighted by Crippen LogP contribution is -2.48. The van der Waals surface area contributed by atoms with Crippen LogP contribution in [0.4, 0.5) is 5.69 Å². The predicted molar refractivity (Wildman–Crippen MR) is 86.9 cm³/mol. The van der Waals surface area contributed by atoms with Crippen LogP contribution in [0.5, 0.6) is 5.75 Å². The van der Waals surface area contributed by atoms with E-state index in [0.717, 1.165) is 5.56 Å². The number of nitrogens with two attached hydrogens (primary N) is 1. The Balaban J connectivity index is 1.89. The summed E-state index contributed by atoms with van der Waals surface area (Å²) in [6, 6.07) is 5.74. The number of aryl methyl sites for hydroxylation is 1. The first-order chi connectivity index (χ1) is 10.5. The fraction of sp³-hybridized carbons (Fsp3) is 0.588. The topological polar surface area (TPSA) is 64.8 Å². The number of benzene rings is 1. The summed E-state index contributed by atoms with van der Waals surface area (Å²) >= 11 is 0. The maximum atomic E-state index is 12.3. The van der Waals surface area contributed by atoms with Crippen molar-refractivity contribution < 1.29 is 14.3 Å². The van der Waals surface area contributed by atoms with E-state index >= 15 is 0 Å². The molecule has 5 heteroatoms. The highest BCUT2D eigenvalue weighted by Gasteiger charge is 2.25. The van der Waals surface area contributed by atoms with Crippen LogP contribution in [-0.2, 0) is 16.0 Å². The monoisotopic (exact) mass is 306 g/mol. The molecule has 2 N–H and O–H groups in total. The summed E-state index contributed by atoms with van der Waals surface area (Å²) in [4.78, 5) is 14.2. The first kappa shape index (κ1) is 16.6. The molecule has 1 aliphatic rings. The van der Waals surface area contributed by atoms with Gasteiger partial charge in [-0.2, -0.15) is 0 Å². The van der Waals surface area contributed by atoms with Crippen LogP contribution >= 0.6 is 0 Å². The number of carbonyl (C=O) groups excluding carboxylic acids is 1. The summed E-state index contributed by atoms with van der Waals surface area (Å²) < 4.78 is 11.1. The third-order valence-electron chi connectivity index (χ3n) is 3.77. The van der Waals surface area contributed by atoms with Gasteiger partial charge in [0.25, 0.3) is 0 Å². The van der Waals surface area contributed by atoms with Gasteiger partial charge in [0.2, 0.25) is 5.91 Å². The smallest absolute Gasteiger partial charge is 0.223 e. The van der Waals surface area contributed by atoms with Gasteiger partial charge in [0.1, 0.15) is 5.75 Å². The zero-order valence-corrected chi connectivity index (χ0v) is 13.7. The Morgan fingerprint density at radius 3 is 2.64 bits per heavy atom. The molecule has 1 aromatic rings. The molecule has 2 rings (SSSR count). The average Bonchev–Trinajstić information content (AvgIpc) is 2.46. The summed E-state index contributed by atoms with van der Waals surface area (Å²) in [5.74, 6) is 0.878. The van der Waals surface area contributed by atoms with Gasteiger partial charge in [-0.3, -0.25) is 4.79 Å². The fourth-order valence-electron chi connectivity index (χ4n) is 2.83. The molecule has 0 aliphatic carbocycles. The quantitative estimate of drug-likeness (QED) is 0.847. The van der Waals surface area contributed by atoms with Crippen molar-refractivity contribution in [1.82, 2.24) is 4.90 Å². The van der Waals surface area contributed by atoms with E-state index in [0.29, 0.717) is 44.0 Å². The van der Waals surface area contributed by atoms with Crippen molar-refractivity contribution in [1.29, 1.82) is 0 Å². The number of hydrogen-bond donors (Lipinski definition) is 1. The number of morpholine rings is 1. The summed E-state index contributed by atoms with van der Waals surface area (Å²) in [7, 11) is 0. The van der Waals surface area contributed by atoms with Crippen molar-refractivity contribution in [2.75, 3.05) is 25.4 Å². The summed E-state index contributed by atoms with van der Waals surface area (Å²) in [6.07, 6.45) is 1.39. The van der Waals surface area contributed by atoms with E-state index in [-0.39, 0.29) is 18.1 Å². The Labute approximate surface area is 132 Å². The second-order valence-electron chi connectivity index (χ2n) is 5.86. The number of amides is 1. The molecule has 1 saturated heterocycles. The molecule has 1 heterocycles. The van der Waals surface area contributed by atoms with Crippen molar-refractivity contribution in [2.45, 2.75) is 45.8 Å². The zero-order valence-electron chi connectivity index (χ0n) is 13.7. The van der Waals surface area contributed by atoms with Crippen LogP contribution < -0.4 is 10.5 Å². The first-order valence-electron chi connectivity index (χ1n) is 7.94. The van der Waals surface area contributed by atoms with E-state index in [1.807, 2.05) is 43.9 Å². The van der Waals surface area contributed by atoms with Gasteiger partial charge in [0, 0.05) is 19.5 Å². The second kappa shape index (κ2) is 7.49.